The Hall–Kier alpha value is -0.860. The summed E-state index contributed by atoms with van der Waals surface area (Å²) in [4.78, 5) is 0. The van der Waals surface area contributed by atoms with Gasteiger partial charge >= 0.3 is 0 Å². The van der Waals surface area contributed by atoms with Gasteiger partial charge in [-0.25, -0.2) is 0 Å². The van der Waals surface area contributed by atoms with Crippen molar-refractivity contribution in [1.82, 2.24) is 0 Å². The van der Waals surface area contributed by atoms with Crippen LogP contribution in [0.15, 0.2) is 18.2 Å². The summed E-state index contributed by atoms with van der Waals surface area (Å²) < 4.78 is 5.68. The minimum atomic E-state index is 0.0522. The molecule has 1 fully saturated rings. The van der Waals surface area contributed by atoms with Gasteiger partial charge in [0.25, 0.3) is 0 Å². The molecule has 1 saturated carbocycles. The molecule has 1 aromatic rings. The Morgan fingerprint density at radius 2 is 1.62 bits per heavy atom. The SMILES string of the molecule is CCOCC1C(CO)[C@]1(C)c1ccc2c(c1)C(C)(C)CCC2(C)C. The molecule has 2 aliphatic carbocycles. The lowest BCUT2D eigenvalue weighted by Crippen LogP contribution is -2.34. The number of aliphatic hydroxyl groups excluding tert-OH is 1. The highest BCUT2D eigenvalue weighted by Crippen LogP contribution is 2.60. The van der Waals surface area contributed by atoms with Gasteiger partial charge in [-0.05, 0) is 59.1 Å². The summed E-state index contributed by atoms with van der Waals surface area (Å²) in [5.74, 6) is 0.752. The number of ether oxygens (including phenoxy) is 1. The van der Waals surface area contributed by atoms with Gasteiger partial charge in [0.1, 0.15) is 0 Å². The van der Waals surface area contributed by atoms with Crippen LogP contribution in [0, 0.1) is 11.8 Å². The summed E-state index contributed by atoms with van der Waals surface area (Å²) in [5, 5.41) is 9.84. The maximum atomic E-state index is 9.84. The van der Waals surface area contributed by atoms with E-state index in [4.69, 9.17) is 4.74 Å². The van der Waals surface area contributed by atoms with Crippen LogP contribution in [-0.2, 0) is 21.0 Å². The van der Waals surface area contributed by atoms with Gasteiger partial charge in [-0.2, -0.15) is 0 Å². The predicted molar refractivity (Wildman–Crippen MR) is 99.6 cm³/mol. The number of benzene rings is 1. The van der Waals surface area contributed by atoms with Crippen LogP contribution in [0.2, 0.25) is 0 Å². The molecule has 0 aliphatic heterocycles. The molecule has 1 N–H and O–H groups in total. The summed E-state index contributed by atoms with van der Waals surface area (Å²) in [7, 11) is 0. The van der Waals surface area contributed by atoms with Gasteiger partial charge in [-0.3, -0.25) is 0 Å². The zero-order valence-corrected chi connectivity index (χ0v) is 16.3. The van der Waals surface area contributed by atoms with Gasteiger partial charge in [0.15, 0.2) is 0 Å². The largest absolute Gasteiger partial charge is 0.396 e. The van der Waals surface area contributed by atoms with E-state index in [0.717, 1.165) is 13.2 Å². The smallest absolute Gasteiger partial charge is 0.0506 e. The molecule has 2 heteroatoms. The van der Waals surface area contributed by atoms with E-state index in [0.29, 0.717) is 11.8 Å². The Balaban J connectivity index is 1.99. The molecule has 0 spiro atoms. The van der Waals surface area contributed by atoms with Gasteiger partial charge in [0.2, 0.25) is 0 Å². The minimum Gasteiger partial charge on any atom is -0.396 e. The van der Waals surface area contributed by atoms with Gasteiger partial charge in [-0.1, -0.05) is 52.8 Å². The standard InChI is InChI=1S/C22H34O2/c1-7-24-14-19-18(13-23)22(19,6)15-8-9-16-17(12-15)21(4,5)11-10-20(16,2)3/h8-9,12,18-19,23H,7,10-11,13-14H2,1-6H3/t18?,19?,22-/m0/s1. The summed E-state index contributed by atoms with van der Waals surface area (Å²) in [6, 6.07) is 7.13. The van der Waals surface area contributed by atoms with Gasteiger partial charge in [0.05, 0.1) is 6.61 Å². The maximum Gasteiger partial charge on any atom is 0.0506 e. The van der Waals surface area contributed by atoms with E-state index >= 15 is 0 Å². The monoisotopic (exact) mass is 330 g/mol. The first-order valence-electron chi connectivity index (χ1n) is 9.52. The van der Waals surface area contributed by atoms with Crippen LogP contribution in [-0.4, -0.2) is 24.9 Å². The van der Waals surface area contributed by atoms with Crippen molar-refractivity contribution in [2.45, 2.75) is 70.6 Å². The Bertz CT molecular complexity index is 616. The highest BCUT2D eigenvalue weighted by Gasteiger charge is 2.61. The molecule has 2 unspecified atom stereocenters. The molecule has 3 rings (SSSR count). The highest BCUT2D eigenvalue weighted by molar-refractivity contribution is 5.48. The van der Waals surface area contributed by atoms with Crippen LogP contribution < -0.4 is 0 Å². The number of hydrogen-bond donors (Lipinski definition) is 1. The first kappa shape index (κ1) is 17.9. The molecule has 24 heavy (non-hydrogen) atoms. The summed E-state index contributed by atoms with van der Waals surface area (Å²) in [6.45, 7) is 15.6. The lowest BCUT2D eigenvalue weighted by molar-refractivity contribution is 0.126. The third-order valence-electron chi connectivity index (χ3n) is 7.09. The van der Waals surface area contributed by atoms with E-state index in [1.54, 1.807) is 0 Å². The van der Waals surface area contributed by atoms with E-state index in [1.807, 2.05) is 6.92 Å². The average Bonchev–Trinajstić information content (AvgIpc) is 3.14. The fourth-order valence-corrected chi connectivity index (χ4v) is 4.90. The summed E-state index contributed by atoms with van der Waals surface area (Å²) in [5.41, 5.74) is 4.95. The van der Waals surface area contributed by atoms with E-state index in [1.165, 1.54) is 29.5 Å². The Labute approximate surface area is 147 Å². The van der Waals surface area contributed by atoms with Crippen molar-refractivity contribution in [3.8, 4) is 0 Å². The quantitative estimate of drug-likeness (QED) is 0.857. The third kappa shape index (κ3) is 2.63. The van der Waals surface area contributed by atoms with Crippen molar-refractivity contribution in [3.63, 3.8) is 0 Å². The molecule has 134 valence electrons. The normalized spacial score (nSPS) is 33.1. The lowest BCUT2D eigenvalue weighted by atomic mass is 9.62. The van der Waals surface area contributed by atoms with E-state index < -0.39 is 0 Å². The molecule has 3 atom stereocenters. The number of aliphatic hydroxyl groups is 1. The van der Waals surface area contributed by atoms with E-state index in [2.05, 4.69) is 52.8 Å². The predicted octanol–water partition coefficient (Wildman–Crippen LogP) is 4.57. The zero-order chi connectivity index (χ0) is 17.8. The van der Waals surface area contributed by atoms with Crippen LogP contribution in [0.5, 0.6) is 0 Å². The molecule has 0 radical (unpaired) electrons. The van der Waals surface area contributed by atoms with Crippen molar-refractivity contribution in [2.24, 2.45) is 11.8 Å². The van der Waals surface area contributed by atoms with Crippen LogP contribution in [0.1, 0.15) is 71.1 Å². The minimum absolute atomic E-state index is 0.0522. The molecule has 0 amide bonds. The second-order valence-corrected chi connectivity index (χ2v) is 9.37. The van der Waals surface area contributed by atoms with E-state index in [9.17, 15) is 5.11 Å². The molecule has 2 nitrogen and oxygen atoms in total. The van der Waals surface area contributed by atoms with Crippen molar-refractivity contribution in [2.75, 3.05) is 19.8 Å². The van der Waals surface area contributed by atoms with Gasteiger partial charge in [-0.15, -0.1) is 0 Å². The van der Waals surface area contributed by atoms with Crippen molar-refractivity contribution < 1.29 is 9.84 Å². The molecule has 0 aromatic heterocycles. The second-order valence-electron chi connectivity index (χ2n) is 9.37. The van der Waals surface area contributed by atoms with Gasteiger partial charge in [0, 0.05) is 18.6 Å². The number of hydrogen-bond acceptors (Lipinski definition) is 2. The summed E-state index contributed by atoms with van der Waals surface area (Å²) >= 11 is 0. The average molecular weight is 331 g/mol. The number of fused-ring (bicyclic) bond motifs is 1. The molecule has 2 aliphatic rings. The molecule has 1 aromatic carbocycles. The first-order chi connectivity index (χ1) is 11.2. The van der Waals surface area contributed by atoms with Crippen molar-refractivity contribution in [3.05, 3.63) is 34.9 Å². The third-order valence-corrected chi connectivity index (χ3v) is 7.09. The summed E-state index contributed by atoms with van der Waals surface area (Å²) in [6.07, 6.45) is 2.48. The van der Waals surface area contributed by atoms with E-state index in [-0.39, 0.29) is 22.9 Å². The van der Waals surface area contributed by atoms with Crippen molar-refractivity contribution >= 4 is 0 Å². The van der Waals surface area contributed by atoms with Crippen LogP contribution in [0.25, 0.3) is 0 Å². The van der Waals surface area contributed by atoms with Crippen LogP contribution in [0.4, 0.5) is 0 Å². The Morgan fingerprint density at radius 3 is 2.21 bits per heavy atom. The molecular formula is C22H34O2. The fourth-order valence-electron chi connectivity index (χ4n) is 4.90. The van der Waals surface area contributed by atoms with Crippen LogP contribution in [0.3, 0.4) is 0 Å². The van der Waals surface area contributed by atoms with Crippen LogP contribution >= 0.6 is 0 Å². The van der Waals surface area contributed by atoms with Crippen molar-refractivity contribution in [1.29, 1.82) is 0 Å². The molecule has 0 bridgehead atoms. The first-order valence-corrected chi connectivity index (χ1v) is 9.52. The Kier molecular flexibility index (Phi) is 4.37. The van der Waals surface area contributed by atoms with Gasteiger partial charge < -0.3 is 9.84 Å². The molecule has 0 saturated heterocycles. The maximum absolute atomic E-state index is 9.84. The molecule has 0 heterocycles. The Morgan fingerprint density at radius 1 is 1.00 bits per heavy atom. The lowest BCUT2D eigenvalue weighted by Gasteiger charge is -2.42. The second kappa shape index (κ2) is 5.85. The number of rotatable bonds is 5. The highest BCUT2D eigenvalue weighted by atomic mass is 16.5. The zero-order valence-electron chi connectivity index (χ0n) is 16.3. The topological polar surface area (TPSA) is 29.5 Å². The fraction of sp³-hybridized carbons (Fsp3) is 0.727. The molecular weight excluding hydrogens is 296 g/mol.